The molecule has 0 N–H and O–H groups in total. The van der Waals surface area contributed by atoms with E-state index in [9.17, 15) is 18.4 Å². The lowest BCUT2D eigenvalue weighted by Gasteiger charge is -2.08. The Kier molecular flexibility index (Phi) is 6.14. The second kappa shape index (κ2) is 8.93. The van der Waals surface area contributed by atoms with Gasteiger partial charge in [-0.25, -0.2) is 0 Å². The van der Waals surface area contributed by atoms with E-state index in [0.717, 1.165) is 11.6 Å². The van der Waals surface area contributed by atoms with Crippen molar-refractivity contribution in [3.05, 3.63) is 94.8 Å². The number of rotatable bonds is 5. The van der Waals surface area contributed by atoms with Crippen molar-refractivity contribution in [3.8, 4) is 17.9 Å². The van der Waals surface area contributed by atoms with Crippen LogP contribution in [0.1, 0.15) is 27.9 Å². The van der Waals surface area contributed by atoms with E-state index in [1.165, 1.54) is 12.1 Å². The molecule has 1 aromatic heterocycles. The number of ether oxygens (including phenoxy) is 1. The monoisotopic (exact) mass is 405 g/mol. The first-order chi connectivity index (χ1) is 14.4. The van der Waals surface area contributed by atoms with Crippen molar-refractivity contribution in [2.24, 2.45) is 0 Å². The smallest absolute Gasteiger partial charge is 0.417 e. The molecule has 0 spiro atoms. The van der Waals surface area contributed by atoms with E-state index in [1.54, 1.807) is 42.5 Å². The number of pyridine rings is 1. The molecule has 4 nitrogen and oxygen atoms in total. The number of nitriles is 2. The lowest BCUT2D eigenvalue weighted by molar-refractivity contribution is -0.137. The van der Waals surface area contributed by atoms with Crippen molar-refractivity contribution in [3.63, 3.8) is 0 Å². The Bertz CT molecular complexity index is 1150. The molecule has 3 rings (SSSR count). The lowest BCUT2D eigenvalue weighted by Crippen LogP contribution is -2.05. The predicted octanol–water partition coefficient (Wildman–Crippen LogP) is 5.62. The maximum absolute atomic E-state index is 12.7. The van der Waals surface area contributed by atoms with Crippen LogP contribution in [0.25, 0.3) is 11.6 Å². The highest BCUT2D eigenvalue weighted by Gasteiger charge is 2.30. The summed E-state index contributed by atoms with van der Waals surface area (Å²) in [5, 5.41) is 18.4. The summed E-state index contributed by atoms with van der Waals surface area (Å²) in [5.74, 6) is 0.545. The number of alkyl halides is 3. The van der Waals surface area contributed by atoms with Crippen LogP contribution in [0.2, 0.25) is 0 Å². The second-order valence-corrected chi connectivity index (χ2v) is 6.27. The Morgan fingerprint density at radius 2 is 1.83 bits per heavy atom. The molecule has 1 heterocycles. The third kappa shape index (κ3) is 5.24. The Morgan fingerprint density at radius 1 is 1.03 bits per heavy atom. The normalized spacial score (nSPS) is 11.4. The average Bonchev–Trinajstić information content (AvgIpc) is 2.76. The van der Waals surface area contributed by atoms with Crippen molar-refractivity contribution in [1.29, 1.82) is 10.5 Å². The number of halogens is 3. The van der Waals surface area contributed by atoms with Crippen LogP contribution in [-0.4, -0.2) is 4.98 Å². The highest BCUT2D eigenvalue weighted by molar-refractivity contribution is 5.88. The molecular formula is C23H14F3N3O. The van der Waals surface area contributed by atoms with Gasteiger partial charge in [-0.05, 0) is 53.6 Å². The van der Waals surface area contributed by atoms with E-state index in [4.69, 9.17) is 10.00 Å². The molecule has 0 unspecified atom stereocenters. The van der Waals surface area contributed by atoms with Crippen LogP contribution in [0, 0.1) is 22.7 Å². The quantitative estimate of drug-likeness (QED) is 0.517. The summed E-state index contributed by atoms with van der Waals surface area (Å²) in [6.45, 7) is 0.258. The van der Waals surface area contributed by atoms with Gasteiger partial charge < -0.3 is 4.74 Å². The van der Waals surface area contributed by atoms with E-state index >= 15 is 0 Å². The third-order valence-corrected chi connectivity index (χ3v) is 4.12. The summed E-state index contributed by atoms with van der Waals surface area (Å²) in [7, 11) is 0. The molecule has 3 aromatic rings. The molecule has 2 aromatic carbocycles. The molecule has 0 aliphatic heterocycles. The summed E-state index contributed by atoms with van der Waals surface area (Å²) < 4.78 is 43.8. The summed E-state index contributed by atoms with van der Waals surface area (Å²) >= 11 is 0. The molecular weight excluding hydrogens is 391 g/mol. The number of hydrogen-bond donors (Lipinski definition) is 0. The molecule has 0 fully saturated rings. The van der Waals surface area contributed by atoms with Gasteiger partial charge in [-0.1, -0.05) is 24.3 Å². The largest absolute Gasteiger partial charge is 0.489 e. The zero-order valence-electron chi connectivity index (χ0n) is 15.5. The predicted molar refractivity (Wildman–Crippen MR) is 105 cm³/mol. The molecule has 148 valence electrons. The number of benzene rings is 2. The first kappa shape index (κ1) is 20.6. The number of nitrogens with zero attached hydrogens (tertiary/aromatic N) is 3. The van der Waals surface area contributed by atoms with Gasteiger partial charge in [0.15, 0.2) is 0 Å². The molecule has 0 bridgehead atoms. The molecule has 0 saturated carbocycles. The van der Waals surface area contributed by atoms with Gasteiger partial charge in [0.1, 0.15) is 18.4 Å². The molecule has 0 aliphatic carbocycles. The minimum absolute atomic E-state index is 0.127. The molecule has 0 atom stereocenters. The van der Waals surface area contributed by atoms with Crippen LogP contribution in [0.15, 0.2) is 66.9 Å². The molecule has 0 radical (unpaired) electrons. The average molecular weight is 405 g/mol. The molecule has 0 aliphatic rings. The van der Waals surface area contributed by atoms with Gasteiger partial charge in [0.2, 0.25) is 0 Å². The van der Waals surface area contributed by atoms with Crippen molar-refractivity contribution >= 4 is 11.6 Å². The number of allylic oxidation sites excluding steroid dienone is 1. The fourth-order valence-electron chi connectivity index (χ4n) is 2.64. The van der Waals surface area contributed by atoms with Crippen LogP contribution >= 0.6 is 0 Å². The Labute approximate surface area is 171 Å². The second-order valence-electron chi connectivity index (χ2n) is 6.27. The molecule has 30 heavy (non-hydrogen) atoms. The fourth-order valence-corrected chi connectivity index (χ4v) is 2.64. The van der Waals surface area contributed by atoms with Crippen molar-refractivity contribution in [1.82, 2.24) is 4.98 Å². The standard InChI is InChI=1S/C23H14F3N3O/c24-23(25,26)20-7-8-22(29-14-20)19(13-28)10-16-3-2-6-21(11-16)30-15-18-5-1-4-17(9-18)12-27/h1-11,14H,15H2/b19-10+. The zero-order valence-corrected chi connectivity index (χ0v) is 15.5. The van der Waals surface area contributed by atoms with Gasteiger partial charge in [-0.15, -0.1) is 0 Å². The van der Waals surface area contributed by atoms with Gasteiger partial charge in [0, 0.05) is 6.20 Å². The van der Waals surface area contributed by atoms with Crippen LogP contribution in [0.5, 0.6) is 5.75 Å². The maximum Gasteiger partial charge on any atom is 0.417 e. The molecule has 0 saturated heterocycles. The van der Waals surface area contributed by atoms with Crippen LogP contribution < -0.4 is 4.74 Å². The van der Waals surface area contributed by atoms with E-state index in [2.05, 4.69) is 11.1 Å². The van der Waals surface area contributed by atoms with Crippen molar-refractivity contribution < 1.29 is 17.9 Å². The number of aromatic nitrogens is 1. The fraction of sp³-hybridized carbons (Fsp3) is 0.0870. The zero-order chi connectivity index (χ0) is 21.6. The van der Waals surface area contributed by atoms with Gasteiger partial charge in [0.25, 0.3) is 0 Å². The Morgan fingerprint density at radius 3 is 2.50 bits per heavy atom. The minimum atomic E-state index is -4.49. The first-order valence-corrected chi connectivity index (χ1v) is 8.76. The highest BCUT2D eigenvalue weighted by Crippen LogP contribution is 2.29. The van der Waals surface area contributed by atoms with Crippen LogP contribution in [0.4, 0.5) is 13.2 Å². The molecule has 0 amide bonds. The third-order valence-electron chi connectivity index (χ3n) is 4.12. The number of hydrogen-bond acceptors (Lipinski definition) is 4. The van der Waals surface area contributed by atoms with E-state index in [-0.39, 0.29) is 17.9 Å². The Hall–Kier alpha value is -4.10. The lowest BCUT2D eigenvalue weighted by atomic mass is 10.1. The molecule has 7 heteroatoms. The van der Waals surface area contributed by atoms with Gasteiger partial charge >= 0.3 is 6.18 Å². The van der Waals surface area contributed by atoms with Crippen LogP contribution in [0.3, 0.4) is 0 Å². The van der Waals surface area contributed by atoms with Gasteiger partial charge in [0.05, 0.1) is 28.5 Å². The van der Waals surface area contributed by atoms with E-state index < -0.39 is 11.7 Å². The SMILES string of the molecule is N#C/C(=C\c1cccc(OCc2cccc(C#N)c2)c1)c1ccc(C(F)(F)F)cn1. The Balaban J connectivity index is 1.77. The van der Waals surface area contributed by atoms with E-state index in [1.807, 2.05) is 12.1 Å². The summed E-state index contributed by atoms with van der Waals surface area (Å²) in [4.78, 5) is 3.76. The summed E-state index contributed by atoms with van der Waals surface area (Å²) in [5.41, 5.74) is 1.40. The van der Waals surface area contributed by atoms with E-state index in [0.29, 0.717) is 23.1 Å². The van der Waals surface area contributed by atoms with Crippen molar-refractivity contribution in [2.75, 3.05) is 0 Å². The van der Waals surface area contributed by atoms with Gasteiger partial charge in [-0.3, -0.25) is 4.98 Å². The van der Waals surface area contributed by atoms with Crippen molar-refractivity contribution in [2.45, 2.75) is 12.8 Å². The van der Waals surface area contributed by atoms with Gasteiger partial charge in [-0.2, -0.15) is 23.7 Å². The summed E-state index contributed by atoms with van der Waals surface area (Å²) in [6.07, 6.45) is -2.26. The topological polar surface area (TPSA) is 69.7 Å². The maximum atomic E-state index is 12.7. The summed E-state index contributed by atoms with van der Waals surface area (Å²) in [6, 6.07) is 20.1. The van der Waals surface area contributed by atoms with Crippen LogP contribution in [-0.2, 0) is 12.8 Å². The first-order valence-electron chi connectivity index (χ1n) is 8.76. The highest BCUT2D eigenvalue weighted by atomic mass is 19.4. The minimum Gasteiger partial charge on any atom is -0.489 e.